The summed E-state index contributed by atoms with van der Waals surface area (Å²) in [7, 11) is 0. The van der Waals surface area contributed by atoms with Gasteiger partial charge in [0.05, 0.1) is 5.02 Å². The van der Waals surface area contributed by atoms with Crippen LogP contribution in [0.4, 0.5) is 13.2 Å². The highest BCUT2D eigenvalue weighted by Gasteiger charge is 2.17. The molecule has 0 aliphatic rings. The third-order valence-electron chi connectivity index (χ3n) is 2.02. The number of hydrogen-bond acceptors (Lipinski definition) is 1. The Morgan fingerprint density at radius 3 is 2.50 bits per heavy atom. The molecule has 0 aromatic heterocycles. The van der Waals surface area contributed by atoms with Gasteiger partial charge in [-0.05, 0) is 18.9 Å². The molecule has 6 heteroatoms. The van der Waals surface area contributed by atoms with E-state index in [2.05, 4.69) is 0 Å². The number of carboxylic acid groups (broad SMARTS) is 1. The van der Waals surface area contributed by atoms with E-state index in [-0.39, 0.29) is 19.3 Å². The van der Waals surface area contributed by atoms with Gasteiger partial charge in [0, 0.05) is 12.0 Å². The lowest BCUT2D eigenvalue weighted by atomic mass is 10.1. The van der Waals surface area contributed by atoms with Crippen molar-refractivity contribution >= 4 is 17.6 Å². The van der Waals surface area contributed by atoms with Crippen LogP contribution in [-0.2, 0) is 11.2 Å². The van der Waals surface area contributed by atoms with Crippen molar-refractivity contribution < 1.29 is 23.1 Å². The summed E-state index contributed by atoms with van der Waals surface area (Å²) in [5.74, 6) is -4.67. The SMILES string of the molecule is O=C(O)CCCc1c(F)c(F)cc(Cl)c1F. The molecule has 0 aliphatic heterocycles. The number of benzene rings is 1. The maximum atomic E-state index is 13.3. The molecule has 0 saturated carbocycles. The van der Waals surface area contributed by atoms with Gasteiger partial charge in [0.25, 0.3) is 0 Å². The molecule has 0 spiro atoms. The first-order valence-electron chi connectivity index (χ1n) is 4.47. The first-order chi connectivity index (χ1) is 7.43. The van der Waals surface area contributed by atoms with Crippen molar-refractivity contribution in [3.8, 4) is 0 Å². The van der Waals surface area contributed by atoms with E-state index in [1.54, 1.807) is 0 Å². The molecule has 0 saturated heterocycles. The molecular formula is C10H8ClF3O2. The minimum Gasteiger partial charge on any atom is -0.481 e. The Morgan fingerprint density at radius 1 is 1.31 bits per heavy atom. The molecule has 0 unspecified atom stereocenters. The van der Waals surface area contributed by atoms with Gasteiger partial charge in [0.15, 0.2) is 11.6 Å². The predicted octanol–water partition coefficient (Wildman–Crippen LogP) is 3.16. The zero-order valence-corrected chi connectivity index (χ0v) is 8.82. The van der Waals surface area contributed by atoms with Crippen LogP contribution in [0.5, 0.6) is 0 Å². The Kier molecular flexibility index (Phi) is 4.18. The van der Waals surface area contributed by atoms with Gasteiger partial charge in [0.1, 0.15) is 5.82 Å². The van der Waals surface area contributed by atoms with Gasteiger partial charge < -0.3 is 5.11 Å². The highest BCUT2D eigenvalue weighted by Crippen LogP contribution is 2.25. The fourth-order valence-corrected chi connectivity index (χ4v) is 1.47. The third-order valence-corrected chi connectivity index (χ3v) is 2.30. The Hall–Kier alpha value is -1.23. The van der Waals surface area contributed by atoms with Gasteiger partial charge in [-0.3, -0.25) is 4.79 Å². The molecule has 1 N–H and O–H groups in total. The van der Waals surface area contributed by atoms with Crippen LogP contribution in [0.25, 0.3) is 0 Å². The zero-order valence-electron chi connectivity index (χ0n) is 8.07. The quantitative estimate of drug-likeness (QED) is 0.836. The van der Waals surface area contributed by atoms with E-state index in [1.165, 1.54) is 0 Å². The number of rotatable bonds is 4. The summed E-state index contributed by atoms with van der Waals surface area (Å²) in [5.41, 5.74) is -0.508. The highest BCUT2D eigenvalue weighted by molar-refractivity contribution is 6.30. The Balaban J connectivity index is 2.90. The molecule has 1 aromatic rings. The molecule has 0 bridgehead atoms. The molecule has 0 heterocycles. The van der Waals surface area contributed by atoms with Gasteiger partial charge >= 0.3 is 5.97 Å². The standard InChI is InChI=1S/C10H8ClF3O2/c11-6-4-7(12)10(14)5(9(6)13)2-1-3-8(15)16/h4H,1-3H2,(H,15,16). The summed E-state index contributed by atoms with van der Waals surface area (Å²) in [6.45, 7) is 0. The Morgan fingerprint density at radius 2 is 1.94 bits per heavy atom. The molecule has 0 aliphatic carbocycles. The first kappa shape index (κ1) is 12.8. The van der Waals surface area contributed by atoms with E-state index in [0.29, 0.717) is 6.07 Å². The van der Waals surface area contributed by atoms with E-state index in [9.17, 15) is 18.0 Å². The molecular weight excluding hydrogens is 245 g/mol. The van der Waals surface area contributed by atoms with Gasteiger partial charge in [0.2, 0.25) is 0 Å². The van der Waals surface area contributed by atoms with Gasteiger partial charge in [-0.2, -0.15) is 0 Å². The van der Waals surface area contributed by atoms with Crippen LogP contribution >= 0.6 is 11.6 Å². The molecule has 2 nitrogen and oxygen atoms in total. The van der Waals surface area contributed by atoms with Crippen molar-refractivity contribution in [3.05, 3.63) is 34.1 Å². The van der Waals surface area contributed by atoms with Crippen molar-refractivity contribution in [2.45, 2.75) is 19.3 Å². The number of halogens is 4. The maximum Gasteiger partial charge on any atom is 0.303 e. The van der Waals surface area contributed by atoms with E-state index >= 15 is 0 Å². The van der Waals surface area contributed by atoms with Crippen molar-refractivity contribution in [2.24, 2.45) is 0 Å². The summed E-state index contributed by atoms with van der Waals surface area (Å²) in [4.78, 5) is 10.2. The second-order valence-corrected chi connectivity index (χ2v) is 3.60. The monoisotopic (exact) mass is 252 g/mol. The molecule has 88 valence electrons. The highest BCUT2D eigenvalue weighted by atomic mass is 35.5. The van der Waals surface area contributed by atoms with Crippen LogP contribution in [0.1, 0.15) is 18.4 Å². The fraction of sp³-hybridized carbons (Fsp3) is 0.300. The largest absolute Gasteiger partial charge is 0.481 e. The lowest BCUT2D eigenvalue weighted by Crippen LogP contribution is -2.02. The number of aliphatic carboxylic acids is 1. The second-order valence-electron chi connectivity index (χ2n) is 3.19. The summed E-state index contributed by atoms with van der Waals surface area (Å²) in [6.07, 6.45) is -0.433. The molecule has 0 atom stereocenters. The zero-order chi connectivity index (χ0) is 12.3. The average Bonchev–Trinajstić information content (AvgIpc) is 2.20. The van der Waals surface area contributed by atoms with Crippen molar-refractivity contribution in [1.82, 2.24) is 0 Å². The van der Waals surface area contributed by atoms with Gasteiger partial charge in [-0.15, -0.1) is 0 Å². The fourth-order valence-electron chi connectivity index (χ4n) is 1.26. The van der Waals surface area contributed by atoms with Crippen LogP contribution in [0.15, 0.2) is 6.07 Å². The van der Waals surface area contributed by atoms with Crippen LogP contribution in [0.3, 0.4) is 0 Å². The lowest BCUT2D eigenvalue weighted by Gasteiger charge is -2.06. The maximum absolute atomic E-state index is 13.3. The lowest BCUT2D eigenvalue weighted by molar-refractivity contribution is -0.137. The van der Waals surface area contributed by atoms with Crippen molar-refractivity contribution in [2.75, 3.05) is 0 Å². The van der Waals surface area contributed by atoms with Crippen molar-refractivity contribution in [3.63, 3.8) is 0 Å². The molecule has 0 radical (unpaired) electrons. The number of carboxylic acids is 1. The van der Waals surface area contributed by atoms with Crippen LogP contribution in [0, 0.1) is 17.5 Å². The summed E-state index contributed by atoms with van der Waals surface area (Å²) < 4.78 is 39.3. The minimum absolute atomic E-state index is 0.0168. The third kappa shape index (κ3) is 2.88. The smallest absolute Gasteiger partial charge is 0.303 e. The summed E-state index contributed by atoms with van der Waals surface area (Å²) in [6, 6.07) is 0.549. The van der Waals surface area contributed by atoms with E-state index < -0.39 is 34.0 Å². The van der Waals surface area contributed by atoms with E-state index in [1.807, 2.05) is 0 Å². The second kappa shape index (κ2) is 5.21. The molecule has 0 fully saturated rings. The Labute approximate surface area is 94.6 Å². The van der Waals surface area contributed by atoms with Crippen molar-refractivity contribution in [1.29, 1.82) is 0 Å². The van der Waals surface area contributed by atoms with Crippen LogP contribution in [0.2, 0.25) is 5.02 Å². The molecule has 1 rings (SSSR count). The summed E-state index contributed by atoms with van der Waals surface area (Å²) in [5, 5.41) is 7.84. The number of carbonyl (C=O) groups is 1. The van der Waals surface area contributed by atoms with E-state index in [4.69, 9.17) is 16.7 Å². The normalized spacial score (nSPS) is 10.5. The van der Waals surface area contributed by atoms with E-state index in [0.717, 1.165) is 0 Å². The molecule has 1 aromatic carbocycles. The number of hydrogen-bond donors (Lipinski definition) is 1. The molecule has 0 amide bonds. The average molecular weight is 253 g/mol. The topological polar surface area (TPSA) is 37.3 Å². The summed E-state index contributed by atoms with van der Waals surface area (Å²) >= 11 is 5.33. The Bertz CT molecular complexity index is 395. The first-order valence-corrected chi connectivity index (χ1v) is 4.85. The minimum atomic E-state index is -1.31. The van der Waals surface area contributed by atoms with Gasteiger partial charge in [-0.25, -0.2) is 13.2 Å². The van der Waals surface area contributed by atoms with Crippen LogP contribution in [-0.4, -0.2) is 11.1 Å². The van der Waals surface area contributed by atoms with Crippen LogP contribution < -0.4 is 0 Å². The molecule has 16 heavy (non-hydrogen) atoms. The predicted molar refractivity (Wildman–Crippen MR) is 51.9 cm³/mol. The van der Waals surface area contributed by atoms with Gasteiger partial charge in [-0.1, -0.05) is 11.6 Å².